The summed E-state index contributed by atoms with van der Waals surface area (Å²) < 4.78 is 10.2. The van der Waals surface area contributed by atoms with Crippen LogP contribution in [0, 0.1) is 22.7 Å². The summed E-state index contributed by atoms with van der Waals surface area (Å²) in [5.41, 5.74) is 8.08. The lowest BCUT2D eigenvalue weighted by Crippen LogP contribution is -2.26. The highest BCUT2D eigenvalue weighted by atomic mass is 32.1. The number of nitrogens with zero attached hydrogens (tertiary/aromatic N) is 1. The van der Waals surface area contributed by atoms with Crippen LogP contribution in [-0.4, -0.2) is 25.6 Å². The summed E-state index contributed by atoms with van der Waals surface area (Å²) in [5, 5.41) is 12.9. The van der Waals surface area contributed by atoms with Crippen LogP contribution in [0.25, 0.3) is 0 Å². The van der Waals surface area contributed by atoms with E-state index in [1.165, 1.54) is 30.6 Å². The molecule has 31 heavy (non-hydrogen) atoms. The molecule has 8 heteroatoms. The quantitative estimate of drug-likeness (QED) is 0.532. The number of nitrogens with one attached hydrogen (secondary N) is 1. The van der Waals surface area contributed by atoms with Crippen molar-refractivity contribution in [3.8, 4) is 11.8 Å². The van der Waals surface area contributed by atoms with Gasteiger partial charge >= 0.3 is 5.97 Å². The van der Waals surface area contributed by atoms with Gasteiger partial charge in [-0.05, 0) is 54.4 Å². The van der Waals surface area contributed by atoms with Gasteiger partial charge in [0.25, 0.3) is 5.91 Å². The molecule has 0 saturated heterocycles. The molecule has 0 radical (unpaired) electrons. The number of nitrogens with two attached hydrogens (primary N) is 1. The molecule has 0 bridgehead atoms. The van der Waals surface area contributed by atoms with E-state index in [-0.39, 0.29) is 11.0 Å². The van der Waals surface area contributed by atoms with Gasteiger partial charge in [0, 0.05) is 4.88 Å². The van der Waals surface area contributed by atoms with Crippen molar-refractivity contribution in [3.05, 3.63) is 39.8 Å². The summed E-state index contributed by atoms with van der Waals surface area (Å²) in [6.45, 7) is 6.24. The van der Waals surface area contributed by atoms with Crippen molar-refractivity contribution in [2.75, 3.05) is 24.8 Å². The Balaban J connectivity index is 1.65. The van der Waals surface area contributed by atoms with Crippen molar-refractivity contribution < 1.29 is 19.1 Å². The fourth-order valence-corrected chi connectivity index (χ4v) is 5.06. The number of carbonyl (C=O) groups is 2. The Morgan fingerprint density at radius 1 is 1.35 bits per heavy atom. The standard InChI is InChI=1S/C23H27N3O4S/c1-23(2,3)14-6-7-15-16(11-24)21(31-19(15)10-14)26-20(27)12-30-22(28)13-5-8-18(29-4)17(25)9-13/h5,8-9,14H,6-7,10,12,25H2,1-4H3,(H,26,27). The van der Waals surface area contributed by atoms with E-state index in [0.29, 0.717) is 27.9 Å². The first kappa shape index (κ1) is 22.6. The second-order valence-electron chi connectivity index (χ2n) is 8.71. The van der Waals surface area contributed by atoms with E-state index in [1.54, 1.807) is 6.07 Å². The van der Waals surface area contributed by atoms with Crippen molar-refractivity contribution in [2.45, 2.75) is 40.0 Å². The number of carbonyl (C=O) groups excluding carboxylic acids is 2. The number of nitriles is 1. The van der Waals surface area contributed by atoms with Crippen LogP contribution in [0.15, 0.2) is 18.2 Å². The lowest BCUT2D eigenvalue weighted by molar-refractivity contribution is -0.119. The van der Waals surface area contributed by atoms with Crippen molar-refractivity contribution in [3.63, 3.8) is 0 Å². The smallest absolute Gasteiger partial charge is 0.338 e. The first-order valence-corrected chi connectivity index (χ1v) is 10.9. The minimum atomic E-state index is -0.663. The van der Waals surface area contributed by atoms with Crippen LogP contribution in [0.4, 0.5) is 10.7 Å². The number of esters is 1. The van der Waals surface area contributed by atoms with E-state index < -0.39 is 18.5 Å². The third-order valence-corrected chi connectivity index (χ3v) is 6.82. The van der Waals surface area contributed by atoms with E-state index in [9.17, 15) is 14.9 Å². The van der Waals surface area contributed by atoms with Gasteiger partial charge in [-0.15, -0.1) is 11.3 Å². The maximum absolute atomic E-state index is 12.4. The number of methoxy groups -OCH3 is 1. The molecule has 2 aromatic rings. The fraction of sp³-hybridized carbons (Fsp3) is 0.435. The molecule has 0 fully saturated rings. The number of rotatable bonds is 5. The topological polar surface area (TPSA) is 114 Å². The zero-order valence-electron chi connectivity index (χ0n) is 18.2. The maximum Gasteiger partial charge on any atom is 0.338 e. The number of nitrogen functional groups attached to an aromatic ring is 1. The zero-order valence-corrected chi connectivity index (χ0v) is 19.0. The summed E-state index contributed by atoms with van der Waals surface area (Å²) in [4.78, 5) is 25.8. The summed E-state index contributed by atoms with van der Waals surface area (Å²) >= 11 is 1.45. The first-order valence-electron chi connectivity index (χ1n) is 10.1. The van der Waals surface area contributed by atoms with Crippen LogP contribution in [-0.2, 0) is 22.4 Å². The Bertz CT molecular complexity index is 1050. The van der Waals surface area contributed by atoms with Gasteiger partial charge in [0.1, 0.15) is 16.8 Å². The summed E-state index contributed by atoms with van der Waals surface area (Å²) in [5.74, 6) is -0.166. The predicted molar refractivity (Wildman–Crippen MR) is 120 cm³/mol. The number of amides is 1. The van der Waals surface area contributed by atoms with Gasteiger partial charge in [-0.2, -0.15) is 5.26 Å². The summed E-state index contributed by atoms with van der Waals surface area (Å²) in [7, 11) is 1.48. The number of hydrogen-bond donors (Lipinski definition) is 2. The Hall–Kier alpha value is -3.05. The maximum atomic E-state index is 12.4. The number of hydrogen-bond acceptors (Lipinski definition) is 7. The van der Waals surface area contributed by atoms with Gasteiger partial charge in [-0.25, -0.2) is 4.79 Å². The van der Waals surface area contributed by atoms with Crippen LogP contribution >= 0.6 is 11.3 Å². The molecule has 7 nitrogen and oxygen atoms in total. The molecule has 1 unspecified atom stereocenters. The largest absolute Gasteiger partial charge is 0.495 e. The van der Waals surface area contributed by atoms with Gasteiger partial charge in [0.2, 0.25) is 0 Å². The van der Waals surface area contributed by atoms with Crippen LogP contribution in [0.3, 0.4) is 0 Å². The summed E-state index contributed by atoms with van der Waals surface area (Å²) in [6, 6.07) is 6.75. The Morgan fingerprint density at radius 3 is 2.71 bits per heavy atom. The van der Waals surface area contributed by atoms with Gasteiger partial charge in [0.15, 0.2) is 6.61 Å². The Morgan fingerprint density at radius 2 is 2.10 bits per heavy atom. The molecule has 1 aromatic heterocycles. The molecule has 1 atom stereocenters. The van der Waals surface area contributed by atoms with Crippen LogP contribution in [0.5, 0.6) is 5.75 Å². The predicted octanol–water partition coefficient (Wildman–Crippen LogP) is 4.16. The van der Waals surface area contributed by atoms with Crippen LogP contribution in [0.2, 0.25) is 0 Å². The molecular weight excluding hydrogens is 414 g/mol. The van der Waals surface area contributed by atoms with Crippen molar-refractivity contribution >= 4 is 33.9 Å². The molecule has 3 rings (SSSR count). The second-order valence-corrected chi connectivity index (χ2v) is 9.81. The van der Waals surface area contributed by atoms with Gasteiger partial charge < -0.3 is 20.5 Å². The SMILES string of the molecule is COc1ccc(C(=O)OCC(=O)Nc2sc3c(c2C#N)CCC(C(C)(C)C)C3)cc1N. The van der Waals surface area contributed by atoms with E-state index in [4.69, 9.17) is 15.2 Å². The van der Waals surface area contributed by atoms with Crippen molar-refractivity contribution in [1.29, 1.82) is 5.26 Å². The highest BCUT2D eigenvalue weighted by molar-refractivity contribution is 7.16. The lowest BCUT2D eigenvalue weighted by atomic mass is 9.72. The average molecular weight is 442 g/mol. The van der Waals surface area contributed by atoms with Crippen LogP contribution < -0.4 is 15.8 Å². The number of ether oxygens (including phenoxy) is 2. The number of thiophene rings is 1. The Kier molecular flexibility index (Phi) is 6.56. The molecule has 0 spiro atoms. The van der Waals surface area contributed by atoms with Crippen molar-refractivity contribution in [2.24, 2.45) is 11.3 Å². The second kappa shape index (κ2) is 8.98. The van der Waals surface area contributed by atoms with E-state index in [1.807, 2.05) is 0 Å². The third-order valence-electron chi connectivity index (χ3n) is 5.65. The molecule has 3 N–H and O–H groups in total. The molecule has 1 aliphatic rings. The fourth-order valence-electron chi connectivity index (χ4n) is 3.77. The molecule has 1 amide bonds. The average Bonchev–Trinajstić information content (AvgIpc) is 3.07. The minimum absolute atomic E-state index is 0.191. The third kappa shape index (κ3) is 5.00. The van der Waals surface area contributed by atoms with Crippen LogP contribution in [0.1, 0.15) is 53.6 Å². The minimum Gasteiger partial charge on any atom is -0.495 e. The molecule has 1 heterocycles. The highest BCUT2D eigenvalue weighted by Gasteiger charge is 2.32. The lowest BCUT2D eigenvalue weighted by Gasteiger charge is -2.33. The summed E-state index contributed by atoms with van der Waals surface area (Å²) in [6.07, 6.45) is 2.76. The normalized spacial score (nSPS) is 15.5. The van der Waals surface area contributed by atoms with E-state index in [0.717, 1.165) is 29.7 Å². The monoisotopic (exact) mass is 441 g/mol. The molecule has 164 valence electrons. The molecule has 1 aromatic carbocycles. The van der Waals surface area contributed by atoms with Gasteiger partial charge in [-0.3, -0.25) is 4.79 Å². The zero-order chi connectivity index (χ0) is 22.8. The van der Waals surface area contributed by atoms with Gasteiger partial charge in [0.05, 0.1) is 23.9 Å². The molecule has 0 saturated carbocycles. The molecule has 1 aliphatic carbocycles. The number of benzene rings is 1. The highest BCUT2D eigenvalue weighted by Crippen LogP contribution is 2.43. The Labute approximate surface area is 186 Å². The van der Waals surface area contributed by atoms with E-state index >= 15 is 0 Å². The molecule has 0 aliphatic heterocycles. The number of anilines is 2. The first-order chi connectivity index (χ1) is 14.6. The van der Waals surface area contributed by atoms with E-state index in [2.05, 4.69) is 32.2 Å². The number of fused-ring (bicyclic) bond motifs is 1. The van der Waals surface area contributed by atoms with Gasteiger partial charge in [-0.1, -0.05) is 20.8 Å². The molecular formula is C23H27N3O4S. The van der Waals surface area contributed by atoms with Crippen molar-refractivity contribution in [1.82, 2.24) is 0 Å².